The second kappa shape index (κ2) is 8.63. The fourth-order valence-electron chi connectivity index (χ4n) is 7.48. The second-order valence-corrected chi connectivity index (χ2v) is 13.2. The SMILES string of the molecule is CC1(C)CCC(C)(C)c2cc3c(cc21)B1c2ccccc2Oc2cccc(c21)N3c1ccccc1-c1ccccc1. The Labute approximate surface area is 243 Å². The van der Waals surface area contributed by atoms with Crippen molar-refractivity contribution in [2.24, 2.45) is 0 Å². The predicted octanol–water partition coefficient (Wildman–Crippen LogP) is 8.11. The van der Waals surface area contributed by atoms with Gasteiger partial charge < -0.3 is 9.64 Å². The minimum atomic E-state index is 0.111. The Morgan fingerprint density at radius 3 is 2.02 bits per heavy atom. The molecule has 3 aliphatic rings. The van der Waals surface area contributed by atoms with Crippen molar-refractivity contribution in [2.45, 2.75) is 51.4 Å². The van der Waals surface area contributed by atoms with Crippen LogP contribution in [0.2, 0.25) is 0 Å². The fourth-order valence-corrected chi connectivity index (χ4v) is 7.48. The van der Waals surface area contributed by atoms with E-state index in [1.165, 1.54) is 68.5 Å². The fraction of sp³-hybridized carbons (Fsp3) is 0.211. The number of ether oxygens (including phenoxy) is 1. The maximum absolute atomic E-state index is 6.60. The van der Waals surface area contributed by atoms with Crippen molar-refractivity contribution in [3.05, 3.63) is 120 Å². The van der Waals surface area contributed by atoms with Gasteiger partial charge in [-0.1, -0.05) is 107 Å². The van der Waals surface area contributed by atoms with Crippen molar-refractivity contribution < 1.29 is 4.74 Å². The van der Waals surface area contributed by atoms with Crippen LogP contribution in [-0.2, 0) is 10.8 Å². The molecule has 1 aliphatic carbocycles. The van der Waals surface area contributed by atoms with Crippen LogP contribution in [0.4, 0.5) is 17.1 Å². The van der Waals surface area contributed by atoms with Crippen molar-refractivity contribution in [1.29, 1.82) is 0 Å². The van der Waals surface area contributed by atoms with Crippen molar-refractivity contribution in [2.75, 3.05) is 4.90 Å². The molecule has 0 unspecified atom stereocenters. The number of fused-ring (bicyclic) bond motifs is 5. The zero-order valence-corrected chi connectivity index (χ0v) is 24.2. The predicted molar refractivity (Wildman–Crippen MR) is 173 cm³/mol. The molecule has 200 valence electrons. The van der Waals surface area contributed by atoms with Crippen molar-refractivity contribution in [3.8, 4) is 22.6 Å². The number of hydrogen-bond donors (Lipinski definition) is 0. The van der Waals surface area contributed by atoms with Gasteiger partial charge in [0.05, 0.1) is 5.69 Å². The first-order valence-electron chi connectivity index (χ1n) is 14.9. The van der Waals surface area contributed by atoms with Gasteiger partial charge in [-0.3, -0.25) is 0 Å². The lowest BCUT2D eigenvalue weighted by molar-refractivity contribution is 0.332. The van der Waals surface area contributed by atoms with E-state index in [9.17, 15) is 0 Å². The highest BCUT2D eigenvalue weighted by Gasteiger charge is 2.45. The van der Waals surface area contributed by atoms with Crippen LogP contribution in [0.3, 0.4) is 0 Å². The number of rotatable bonds is 2. The van der Waals surface area contributed by atoms with E-state index in [1.54, 1.807) is 0 Å². The monoisotopic (exact) mass is 531 g/mol. The average molecular weight is 532 g/mol. The van der Waals surface area contributed by atoms with Crippen LogP contribution in [0, 0.1) is 0 Å². The molecule has 0 saturated heterocycles. The highest BCUT2D eigenvalue weighted by atomic mass is 16.5. The van der Waals surface area contributed by atoms with Crippen molar-refractivity contribution in [1.82, 2.24) is 0 Å². The Morgan fingerprint density at radius 1 is 0.585 bits per heavy atom. The van der Waals surface area contributed by atoms with Crippen LogP contribution in [0.1, 0.15) is 51.7 Å². The van der Waals surface area contributed by atoms with E-state index in [4.69, 9.17) is 4.74 Å². The Bertz CT molecular complexity index is 1840. The summed E-state index contributed by atoms with van der Waals surface area (Å²) in [6, 6.07) is 39.9. The van der Waals surface area contributed by atoms with E-state index in [-0.39, 0.29) is 17.5 Å². The zero-order chi connectivity index (χ0) is 27.9. The van der Waals surface area contributed by atoms with Crippen molar-refractivity contribution in [3.63, 3.8) is 0 Å². The van der Waals surface area contributed by atoms with E-state index in [1.807, 2.05) is 0 Å². The van der Waals surface area contributed by atoms with Crippen LogP contribution in [-0.4, -0.2) is 6.71 Å². The minimum Gasteiger partial charge on any atom is -0.458 e. The maximum atomic E-state index is 6.60. The average Bonchev–Trinajstić information content (AvgIpc) is 2.99. The minimum absolute atomic E-state index is 0.111. The first kappa shape index (κ1) is 24.6. The summed E-state index contributed by atoms with van der Waals surface area (Å²) in [6.07, 6.45) is 2.38. The zero-order valence-electron chi connectivity index (χ0n) is 24.2. The number of hydrogen-bond acceptors (Lipinski definition) is 2. The molecular weight excluding hydrogens is 497 g/mol. The molecule has 0 radical (unpaired) electrons. The van der Waals surface area contributed by atoms with Crippen LogP contribution in [0.15, 0.2) is 109 Å². The van der Waals surface area contributed by atoms with E-state index >= 15 is 0 Å². The number of anilines is 3. The van der Waals surface area contributed by atoms with Crippen LogP contribution >= 0.6 is 0 Å². The summed E-state index contributed by atoms with van der Waals surface area (Å²) in [4.78, 5) is 2.52. The lowest BCUT2D eigenvalue weighted by atomic mass is 9.33. The van der Waals surface area contributed by atoms with Gasteiger partial charge in [0.15, 0.2) is 0 Å². The van der Waals surface area contributed by atoms with Crippen LogP contribution < -0.4 is 26.0 Å². The Morgan fingerprint density at radius 2 is 1.22 bits per heavy atom. The molecule has 41 heavy (non-hydrogen) atoms. The van der Waals surface area contributed by atoms with Gasteiger partial charge in [-0.05, 0) is 87.1 Å². The molecule has 0 spiro atoms. The summed E-state index contributed by atoms with van der Waals surface area (Å²) in [5, 5.41) is 0. The smallest absolute Gasteiger partial charge is 0.256 e. The third-order valence-corrected chi connectivity index (χ3v) is 9.80. The molecule has 0 N–H and O–H groups in total. The van der Waals surface area contributed by atoms with Gasteiger partial charge in [-0.15, -0.1) is 0 Å². The summed E-state index contributed by atoms with van der Waals surface area (Å²) in [7, 11) is 0. The molecule has 0 amide bonds. The molecule has 8 rings (SSSR count). The topological polar surface area (TPSA) is 12.5 Å². The normalized spacial score (nSPS) is 17.1. The standard InChI is InChI=1S/C38H34BNO/c1-37(2)21-22-38(3,4)28-24-33-30(23-27(28)37)39-29-16-9-11-19-34(29)41-35-20-12-18-32(36(35)39)40(33)31-17-10-8-15-26(31)25-13-6-5-7-14-25/h5-20,23-24H,21-22H2,1-4H3. The molecule has 0 saturated carbocycles. The highest BCUT2D eigenvalue weighted by Crippen LogP contribution is 2.50. The summed E-state index contributed by atoms with van der Waals surface area (Å²) >= 11 is 0. The van der Waals surface area contributed by atoms with E-state index in [0.717, 1.165) is 11.5 Å². The van der Waals surface area contributed by atoms with Gasteiger partial charge in [0.2, 0.25) is 0 Å². The van der Waals surface area contributed by atoms with Crippen LogP contribution in [0.25, 0.3) is 11.1 Å². The molecule has 2 nitrogen and oxygen atoms in total. The number of para-hydroxylation sites is 2. The molecule has 0 bridgehead atoms. The van der Waals surface area contributed by atoms with Crippen molar-refractivity contribution >= 4 is 40.2 Å². The van der Waals surface area contributed by atoms with Gasteiger partial charge in [0.25, 0.3) is 6.71 Å². The van der Waals surface area contributed by atoms with Gasteiger partial charge in [0, 0.05) is 16.9 Å². The van der Waals surface area contributed by atoms with E-state index in [2.05, 4.69) is 142 Å². The van der Waals surface area contributed by atoms with E-state index < -0.39 is 0 Å². The molecule has 0 fully saturated rings. The Balaban J connectivity index is 1.48. The molecule has 0 aromatic heterocycles. The van der Waals surface area contributed by atoms with Crippen LogP contribution in [0.5, 0.6) is 11.5 Å². The number of benzene rings is 5. The van der Waals surface area contributed by atoms with Gasteiger partial charge in [-0.2, -0.15) is 0 Å². The summed E-state index contributed by atoms with van der Waals surface area (Å²) in [5.74, 6) is 1.92. The summed E-state index contributed by atoms with van der Waals surface area (Å²) in [5.41, 5.74) is 13.2. The first-order chi connectivity index (χ1) is 19.8. The molecule has 5 aromatic carbocycles. The molecule has 5 aromatic rings. The number of nitrogens with zero attached hydrogens (tertiary/aromatic N) is 1. The highest BCUT2D eigenvalue weighted by molar-refractivity contribution is 6.99. The van der Waals surface area contributed by atoms with E-state index in [0.29, 0.717) is 0 Å². The largest absolute Gasteiger partial charge is 0.458 e. The van der Waals surface area contributed by atoms with Gasteiger partial charge in [0.1, 0.15) is 11.5 Å². The van der Waals surface area contributed by atoms with Gasteiger partial charge in [-0.25, -0.2) is 0 Å². The second-order valence-electron chi connectivity index (χ2n) is 13.2. The van der Waals surface area contributed by atoms with Gasteiger partial charge >= 0.3 is 0 Å². The summed E-state index contributed by atoms with van der Waals surface area (Å²) < 4.78 is 6.60. The quantitative estimate of drug-likeness (QED) is 0.209. The molecule has 2 heterocycles. The molecule has 3 heteroatoms. The molecular formula is C38H34BNO. The molecule has 0 atom stereocenters. The lowest BCUT2D eigenvalue weighted by Crippen LogP contribution is -2.60. The molecule has 2 aliphatic heterocycles. The maximum Gasteiger partial charge on any atom is 0.256 e. The third-order valence-electron chi connectivity index (χ3n) is 9.80. The lowest BCUT2D eigenvalue weighted by Gasteiger charge is -2.46. The third kappa shape index (κ3) is 3.58. The Hall–Kier alpha value is -4.24. The summed E-state index contributed by atoms with van der Waals surface area (Å²) in [6.45, 7) is 9.82. The Kier molecular flexibility index (Phi) is 5.17. The first-order valence-corrected chi connectivity index (χ1v) is 14.9.